The van der Waals surface area contributed by atoms with Crippen molar-refractivity contribution in [3.8, 4) is 11.8 Å². The van der Waals surface area contributed by atoms with E-state index in [-0.39, 0.29) is 10.8 Å². The van der Waals surface area contributed by atoms with Crippen molar-refractivity contribution in [2.75, 3.05) is 19.0 Å². The molecule has 0 aliphatic carbocycles. The summed E-state index contributed by atoms with van der Waals surface area (Å²) in [6, 6.07) is 21.3. The van der Waals surface area contributed by atoms with Gasteiger partial charge in [-0.25, -0.2) is 15.4 Å². The number of ether oxygens (including phenoxy) is 1. The van der Waals surface area contributed by atoms with Crippen LogP contribution < -0.4 is 15.5 Å². The van der Waals surface area contributed by atoms with Crippen molar-refractivity contribution in [1.29, 1.82) is 5.26 Å². The fourth-order valence-electron chi connectivity index (χ4n) is 4.47. The second kappa shape index (κ2) is 15.5. The summed E-state index contributed by atoms with van der Waals surface area (Å²) in [6.45, 7) is 5.04. The highest BCUT2D eigenvalue weighted by Crippen LogP contribution is 2.25. The number of hydrogen-bond donors (Lipinski definition) is 2. The van der Waals surface area contributed by atoms with Crippen LogP contribution in [0.5, 0.6) is 5.75 Å². The van der Waals surface area contributed by atoms with E-state index in [1.807, 2.05) is 12.1 Å². The molecule has 0 aliphatic rings. The number of hydrogen-bond acceptors (Lipinski definition) is 8. The first kappa shape index (κ1) is 32.0. The number of anilines is 1. The first-order valence-electron chi connectivity index (χ1n) is 14.3. The molecule has 0 aliphatic heterocycles. The fourth-order valence-corrected chi connectivity index (χ4v) is 4.75. The predicted octanol–water partition coefficient (Wildman–Crippen LogP) is 5.34. The van der Waals surface area contributed by atoms with Crippen LogP contribution in [0.15, 0.2) is 85.5 Å². The van der Waals surface area contributed by atoms with Gasteiger partial charge in [0.05, 0.1) is 30.8 Å². The van der Waals surface area contributed by atoms with Crippen LogP contribution in [0.3, 0.4) is 0 Å². The maximum Gasteiger partial charge on any atom is 0.260 e. The van der Waals surface area contributed by atoms with Gasteiger partial charge in [0.25, 0.3) is 5.91 Å². The molecule has 11 heteroatoms. The highest BCUT2D eigenvalue weighted by atomic mass is 32.1. The van der Waals surface area contributed by atoms with E-state index >= 15 is 0 Å². The van der Waals surface area contributed by atoms with Gasteiger partial charge in [-0.3, -0.25) is 14.6 Å². The zero-order valence-corrected chi connectivity index (χ0v) is 25.8. The average Bonchev–Trinajstić information content (AvgIpc) is 3.51. The van der Waals surface area contributed by atoms with Crippen molar-refractivity contribution in [3.05, 3.63) is 108 Å². The standard InChI is InChI=1S/C33H35N7O3S/c1-4-23(2)16-18-37-40(33(44)38-26-12-14-27(43-3)15-13-26)32(42)30(31(41)28-7-5-6-17-36-28)29-20-35-22-39(29)21-25-10-8-24(19-34)9-11-25/h5-15,17,20,22-23,30,37H,4,16,18,21H2,1-3H3,(H,38,44)/t23-,30?/m0/s1. The van der Waals surface area contributed by atoms with Crippen molar-refractivity contribution in [3.63, 3.8) is 0 Å². The molecular weight excluding hydrogens is 574 g/mol. The van der Waals surface area contributed by atoms with Gasteiger partial charge < -0.3 is 14.6 Å². The molecule has 0 saturated heterocycles. The molecule has 0 saturated carbocycles. The van der Waals surface area contributed by atoms with Crippen LogP contribution in [-0.2, 0) is 11.3 Å². The Morgan fingerprint density at radius 1 is 1.11 bits per heavy atom. The maximum atomic E-state index is 14.5. The van der Waals surface area contributed by atoms with Crippen LogP contribution in [0.2, 0.25) is 0 Å². The number of Topliss-reactive ketones (excluding diaryl/α,β-unsaturated/α-hetero) is 1. The van der Waals surface area contributed by atoms with Gasteiger partial charge in [0.2, 0.25) is 0 Å². The highest BCUT2D eigenvalue weighted by molar-refractivity contribution is 7.80. The summed E-state index contributed by atoms with van der Waals surface area (Å²) in [4.78, 5) is 37.1. The Bertz CT molecular complexity index is 1600. The van der Waals surface area contributed by atoms with E-state index in [0.717, 1.165) is 18.4 Å². The quantitative estimate of drug-likeness (QED) is 0.0894. The lowest BCUT2D eigenvalue weighted by Crippen LogP contribution is -2.52. The number of pyridine rings is 1. The molecule has 2 N–H and O–H groups in total. The monoisotopic (exact) mass is 609 g/mol. The molecule has 44 heavy (non-hydrogen) atoms. The number of hydrazine groups is 1. The number of ketones is 1. The zero-order chi connectivity index (χ0) is 31.5. The van der Waals surface area contributed by atoms with Crippen LogP contribution in [-0.4, -0.2) is 50.0 Å². The molecule has 0 bridgehead atoms. The number of aromatic nitrogens is 3. The SMILES string of the molecule is CC[C@H](C)CCNN(C(=O)C(C(=O)c1ccccn1)c1cncn1Cc1ccc(C#N)cc1)C(=S)Nc1ccc(OC)cc1. The van der Waals surface area contributed by atoms with E-state index in [9.17, 15) is 14.9 Å². The Morgan fingerprint density at radius 2 is 1.86 bits per heavy atom. The van der Waals surface area contributed by atoms with E-state index in [1.165, 1.54) is 17.4 Å². The van der Waals surface area contributed by atoms with Gasteiger partial charge in [-0.15, -0.1) is 0 Å². The molecule has 1 amide bonds. The summed E-state index contributed by atoms with van der Waals surface area (Å²) < 4.78 is 7.00. The normalized spacial score (nSPS) is 12.0. The minimum Gasteiger partial charge on any atom is -0.497 e. The number of rotatable bonds is 13. The number of carbonyl (C=O) groups is 2. The van der Waals surface area contributed by atoms with Gasteiger partial charge in [-0.2, -0.15) is 5.26 Å². The number of nitrogens with zero attached hydrogens (tertiary/aromatic N) is 5. The van der Waals surface area contributed by atoms with Gasteiger partial charge in [-0.1, -0.05) is 38.5 Å². The lowest BCUT2D eigenvalue weighted by molar-refractivity contribution is -0.130. The summed E-state index contributed by atoms with van der Waals surface area (Å²) >= 11 is 5.74. The number of nitrogens with one attached hydrogen (secondary N) is 2. The predicted molar refractivity (Wildman–Crippen MR) is 172 cm³/mol. The average molecular weight is 610 g/mol. The van der Waals surface area contributed by atoms with Crippen LogP contribution >= 0.6 is 12.2 Å². The molecule has 2 aromatic heterocycles. The molecule has 2 atom stereocenters. The molecule has 4 rings (SSSR count). The van der Waals surface area contributed by atoms with Gasteiger partial charge in [0.15, 0.2) is 10.9 Å². The smallest absolute Gasteiger partial charge is 0.260 e. The first-order chi connectivity index (χ1) is 21.3. The number of methoxy groups -OCH3 is 1. The number of benzene rings is 2. The van der Waals surface area contributed by atoms with Crippen molar-refractivity contribution < 1.29 is 14.3 Å². The third kappa shape index (κ3) is 8.12. The Kier molecular flexibility index (Phi) is 11.3. The Balaban J connectivity index is 1.71. The van der Waals surface area contributed by atoms with Crippen molar-refractivity contribution in [2.24, 2.45) is 5.92 Å². The molecule has 0 spiro atoms. The lowest BCUT2D eigenvalue weighted by Gasteiger charge is -2.29. The third-order valence-electron chi connectivity index (χ3n) is 7.27. The summed E-state index contributed by atoms with van der Waals surface area (Å²) in [5.74, 6) is -1.27. The number of nitriles is 1. The van der Waals surface area contributed by atoms with E-state index in [4.69, 9.17) is 17.0 Å². The van der Waals surface area contributed by atoms with E-state index < -0.39 is 17.6 Å². The van der Waals surface area contributed by atoms with Crippen molar-refractivity contribution in [1.82, 2.24) is 25.0 Å². The Labute approximate surface area is 262 Å². The first-order valence-corrected chi connectivity index (χ1v) is 14.7. The van der Waals surface area contributed by atoms with Crippen molar-refractivity contribution in [2.45, 2.75) is 39.2 Å². The Hall–Kier alpha value is -4.92. The summed E-state index contributed by atoms with van der Waals surface area (Å²) in [5, 5.41) is 13.6. The summed E-state index contributed by atoms with van der Waals surface area (Å²) in [5.41, 5.74) is 5.77. The van der Waals surface area contributed by atoms with Crippen LogP contribution in [0.4, 0.5) is 5.69 Å². The Morgan fingerprint density at radius 3 is 2.50 bits per heavy atom. The fraction of sp³-hybridized carbons (Fsp3) is 0.273. The third-order valence-corrected chi connectivity index (χ3v) is 7.56. The molecule has 0 radical (unpaired) electrons. The molecule has 2 aromatic carbocycles. The van der Waals surface area contributed by atoms with Crippen molar-refractivity contribution >= 4 is 34.7 Å². The maximum absolute atomic E-state index is 14.5. The summed E-state index contributed by atoms with van der Waals surface area (Å²) in [7, 11) is 1.58. The van der Waals surface area contributed by atoms with Gasteiger partial charge in [0.1, 0.15) is 17.4 Å². The topological polar surface area (TPSA) is 125 Å². The largest absolute Gasteiger partial charge is 0.497 e. The molecule has 226 valence electrons. The van der Waals surface area contributed by atoms with E-state index in [0.29, 0.717) is 41.7 Å². The van der Waals surface area contributed by atoms with Gasteiger partial charge >= 0.3 is 0 Å². The number of thiocarbonyl (C=S) groups is 1. The second-order valence-corrected chi connectivity index (χ2v) is 10.7. The van der Waals surface area contributed by atoms with Gasteiger partial charge in [0, 0.05) is 31.2 Å². The number of carbonyl (C=O) groups excluding carboxylic acids is 2. The number of amides is 1. The van der Waals surface area contributed by atoms with E-state index in [2.05, 4.69) is 40.6 Å². The molecule has 10 nitrogen and oxygen atoms in total. The second-order valence-electron chi connectivity index (χ2n) is 10.3. The molecule has 2 heterocycles. The minimum atomic E-state index is -1.31. The minimum absolute atomic E-state index is 0.0845. The van der Waals surface area contributed by atoms with Crippen LogP contribution in [0.25, 0.3) is 0 Å². The molecule has 0 fully saturated rings. The van der Waals surface area contributed by atoms with Gasteiger partial charge in [-0.05, 0) is 78.7 Å². The van der Waals surface area contributed by atoms with Crippen LogP contribution in [0.1, 0.15) is 59.9 Å². The van der Waals surface area contributed by atoms with Crippen LogP contribution in [0, 0.1) is 17.2 Å². The zero-order valence-electron chi connectivity index (χ0n) is 24.9. The summed E-state index contributed by atoms with van der Waals surface area (Å²) in [6.07, 6.45) is 6.39. The number of imidazole rings is 1. The lowest BCUT2D eigenvalue weighted by atomic mass is 9.96. The van der Waals surface area contributed by atoms with E-state index in [1.54, 1.807) is 72.6 Å². The molecule has 1 unspecified atom stereocenters. The highest BCUT2D eigenvalue weighted by Gasteiger charge is 2.37. The molecule has 4 aromatic rings. The molecular formula is C33H35N7O3S.